The van der Waals surface area contributed by atoms with E-state index in [0.29, 0.717) is 6.42 Å². The van der Waals surface area contributed by atoms with Crippen LogP contribution in [0.25, 0.3) is 0 Å². The molecule has 19 heavy (non-hydrogen) atoms. The van der Waals surface area contributed by atoms with Gasteiger partial charge >= 0.3 is 0 Å². The summed E-state index contributed by atoms with van der Waals surface area (Å²) in [6, 6.07) is 16.8. The number of carbonyl (C=O) groups is 1. The third kappa shape index (κ3) is 3.95. The average Bonchev–Trinajstić information content (AvgIpc) is 2.41. The third-order valence-electron chi connectivity index (χ3n) is 3.24. The Kier molecular flexibility index (Phi) is 4.35. The summed E-state index contributed by atoms with van der Waals surface area (Å²) in [6.07, 6.45) is 2.30. The number of primary amides is 1. The summed E-state index contributed by atoms with van der Waals surface area (Å²) in [5, 5.41) is 0. The molecule has 0 radical (unpaired) electrons. The minimum absolute atomic E-state index is 0.289. The van der Waals surface area contributed by atoms with Gasteiger partial charge in [0.05, 0.1) is 6.42 Å². The van der Waals surface area contributed by atoms with Gasteiger partial charge in [0, 0.05) is 0 Å². The highest BCUT2D eigenvalue weighted by molar-refractivity contribution is 5.76. The van der Waals surface area contributed by atoms with Crippen molar-refractivity contribution in [1.82, 2.24) is 0 Å². The van der Waals surface area contributed by atoms with Crippen LogP contribution in [0.3, 0.4) is 0 Å². The molecule has 0 saturated heterocycles. The molecule has 2 aromatic rings. The van der Waals surface area contributed by atoms with Crippen molar-refractivity contribution >= 4 is 5.91 Å². The Bertz CT molecular complexity index is 540. The fourth-order valence-electron chi connectivity index (χ4n) is 2.10. The van der Waals surface area contributed by atoms with Gasteiger partial charge in [0.15, 0.2) is 0 Å². The fourth-order valence-corrected chi connectivity index (χ4v) is 2.10. The van der Waals surface area contributed by atoms with E-state index in [1.165, 1.54) is 16.7 Å². The van der Waals surface area contributed by atoms with Gasteiger partial charge in [-0.25, -0.2) is 0 Å². The van der Waals surface area contributed by atoms with E-state index >= 15 is 0 Å². The number of hydrogen-bond donors (Lipinski definition) is 1. The van der Waals surface area contributed by atoms with Crippen LogP contribution in [0, 0.1) is 0 Å². The molecule has 0 aromatic heterocycles. The zero-order valence-corrected chi connectivity index (χ0v) is 11.2. The van der Waals surface area contributed by atoms with Crippen LogP contribution in [0.1, 0.15) is 29.2 Å². The quantitative estimate of drug-likeness (QED) is 0.874. The van der Waals surface area contributed by atoms with Gasteiger partial charge in [-0.2, -0.15) is 0 Å². The molecule has 2 N–H and O–H groups in total. The Hall–Kier alpha value is -2.09. The van der Waals surface area contributed by atoms with E-state index in [9.17, 15) is 4.79 Å². The first-order valence-electron chi connectivity index (χ1n) is 6.61. The van der Waals surface area contributed by atoms with Crippen LogP contribution < -0.4 is 5.73 Å². The average molecular weight is 253 g/mol. The molecule has 0 bridgehead atoms. The maximum atomic E-state index is 10.8. The lowest BCUT2D eigenvalue weighted by atomic mass is 10.0. The largest absolute Gasteiger partial charge is 0.369 e. The van der Waals surface area contributed by atoms with Gasteiger partial charge < -0.3 is 5.73 Å². The van der Waals surface area contributed by atoms with Crippen molar-refractivity contribution in [3.63, 3.8) is 0 Å². The first-order valence-corrected chi connectivity index (χ1v) is 6.61. The van der Waals surface area contributed by atoms with Gasteiger partial charge in [-0.15, -0.1) is 0 Å². The molecule has 2 heteroatoms. The number of rotatable bonds is 5. The molecule has 0 heterocycles. The van der Waals surface area contributed by atoms with Crippen molar-refractivity contribution in [1.29, 1.82) is 0 Å². The normalized spacial score (nSPS) is 10.4. The van der Waals surface area contributed by atoms with E-state index < -0.39 is 0 Å². The Balaban J connectivity index is 2.04. The number of carbonyl (C=O) groups excluding carboxylic acids is 1. The highest BCUT2D eigenvalue weighted by Crippen LogP contribution is 2.12. The minimum atomic E-state index is -0.289. The van der Waals surface area contributed by atoms with Crippen LogP contribution in [-0.2, 0) is 24.1 Å². The second-order valence-electron chi connectivity index (χ2n) is 4.81. The summed E-state index contributed by atoms with van der Waals surface area (Å²) in [7, 11) is 0. The number of hydrogen-bond acceptors (Lipinski definition) is 1. The number of amides is 1. The van der Waals surface area contributed by atoms with Crippen molar-refractivity contribution in [2.24, 2.45) is 5.73 Å². The Morgan fingerprint density at radius 1 is 0.842 bits per heavy atom. The summed E-state index contributed by atoms with van der Waals surface area (Å²) >= 11 is 0. The maximum absolute atomic E-state index is 10.8. The minimum Gasteiger partial charge on any atom is -0.369 e. The predicted octanol–water partition coefficient (Wildman–Crippen LogP) is 2.87. The molecule has 0 aliphatic heterocycles. The van der Waals surface area contributed by atoms with Gasteiger partial charge in [0.2, 0.25) is 5.91 Å². The SMILES string of the molecule is CCc1ccc(Cc2ccc(CC(N)=O)cc2)cc1. The van der Waals surface area contributed by atoms with Crippen molar-refractivity contribution < 1.29 is 4.79 Å². The van der Waals surface area contributed by atoms with Crippen LogP contribution in [0.5, 0.6) is 0 Å². The smallest absolute Gasteiger partial charge is 0.221 e. The number of aryl methyl sites for hydroxylation is 1. The summed E-state index contributed by atoms with van der Waals surface area (Å²) in [5.74, 6) is -0.289. The Labute approximate surface area is 114 Å². The maximum Gasteiger partial charge on any atom is 0.221 e. The lowest BCUT2D eigenvalue weighted by Crippen LogP contribution is -2.13. The molecular weight excluding hydrogens is 234 g/mol. The topological polar surface area (TPSA) is 43.1 Å². The van der Waals surface area contributed by atoms with Gasteiger partial charge in [-0.1, -0.05) is 55.5 Å². The van der Waals surface area contributed by atoms with Crippen molar-refractivity contribution in [3.05, 3.63) is 70.8 Å². The van der Waals surface area contributed by atoms with Crippen molar-refractivity contribution in [3.8, 4) is 0 Å². The van der Waals surface area contributed by atoms with Crippen LogP contribution in [0.4, 0.5) is 0 Å². The van der Waals surface area contributed by atoms with Gasteiger partial charge in [-0.3, -0.25) is 4.79 Å². The third-order valence-corrected chi connectivity index (χ3v) is 3.24. The molecule has 0 saturated carbocycles. The summed E-state index contributed by atoms with van der Waals surface area (Å²) < 4.78 is 0. The molecule has 0 atom stereocenters. The summed E-state index contributed by atoms with van der Waals surface area (Å²) in [5.41, 5.74) is 10.1. The van der Waals surface area contributed by atoms with Crippen molar-refractivity contribution in [2.45, 2.75) is 26.2 Å². The van der Waals surface area contributed by atoms with E-state index in [-0.39, 0.29) is 5.91 Å². The first-order chi connectivity index (χ1) is 9.17. The molecule has 2 aromatic carbocycles. The van der Waals surface area contributed by atoms with E-state index in [2.05, 4.69) is 43.3 Å². The van der Waals surface area contributed by atoms with Gasteiger partial charge in [-0.05, 0) is 35.1 Å². The molecule has 1 amide bonds. The zero-order valence-electron chi connectivity index (χ0n) is 11.2. The highest BCUT2D eigenvalue weighted by Gasteiger charge is 2.00. The van der Waals surface area contributed by atoms with E-state index in [0.717, 1.165) is 18.4 Å². The molecule has 98 valence electrons. The van der Waals surface area contributed by atoms with Crippen LogP contribution in [0.15, 0.2) is 48.5 Å². The van der Waals surface area contributed by atoms with Gasteiger partial charge in [0.1, 0.15) is 0 Å². The monoisotopic (exact) mass is 253 g/mol. The molecule has 0 spiro atoms. The first kappa shape index (κ1) is 13.3. The molecule has 2 nitrogen and oxygen atoms in total. The summed E-state index contributed by atoms with van der Waals surface area (Å²) in [6.45, 7) is 2.16. The lowest BCUT2D eigenvalue weighted by molar-refractivity contribution is -0.117. The standard InChI is InChI=1S/C17H19NO/c1-2-13-3-5-14(6-4-13)11-15-7-9-16(10-8-15)12-17(18)19/h3-10H,2,11-12H2,1H3,(H2,18,19). The zero-order chi connectivity index (χ0) is 13.7. The molecule has 0 unspecified atom stereocenters. The highest BCUT2D eigenvalue weighted by atomic mass is 16.1. The predicted molar refractivity (Wildman–Crippen MR) is 78.0 cm³/mol. The van der Waals surface area contributed by atoms with E-state index in [4.69, 9.17) is 5.73 Å². The molecular formula is C17H19NO. The number of benzene rings is 2. The van der Waals surface area contributed by atoms with Gasteiger partial charge in [0.25, 0.3) is 0 Å². The van der Waals surface area contributed by atoms with Crippen molar-refractivity contribution in [2.75, 3.05) is 0 Å². The van der Waals surface area contributed by atoms with Crippen LogP contribution >= 0.6 is 0 Å². The van der Waals surface area contributed by atoms with E-state index in [1.807, 2.05) is 12.1 Å². The Morgan fingerprint density at radius 2 is 1.26 bits per heavy atom. The Morgan fingerprint density at radius 3 is 1.68 bits per heavy atom. The second-order valence-corrected chi connectivity index (χ2v) is 4.81. The van der Waals surface area contributed by atoms with Crippen LogP contribution in [-0.4, -0.2) is 5.91 Å². The second kappa shape index (κ2) is 6.19. The molecule has 0 fully saturated rings. The summed E-state index contributed by atoms with van der Waals surface area (Å²) in [4.78, 5) is 10.8. The number of nitrogens with two attached hydrogens (primary N) is 1. The van der Waals surface area contributed by atoms with E-state index in [1.54, 1.807) is 0 Å². The molecule has 2 rings (SSSR count). The molecule has 0 aliphatic carbocycles. The fraction of sp³-hybridized carbons (Fsp3) is 0.235. The molecule has 0 aliphatic rings. The van der Waals surface area contributed by atoms with Crippen LogP contribution in [0.2, 0.25) is 0 Å². The lowest BCUT2D eigenvalue weighted by Gasteiger charge is -2.05.